The maximum atomic E-state index is 11.8. The Morgan fingerprint density at radius 1 is 1.20 bits per heavy atom. The molecule has 0 aliphatic carbocycles. The summed E-state index contributed by atoms with van der Waals surface area (Å²) >= 11 is 0. The molecule has 20 heavy (non-hydrogen) atoms. The van der Waals surface area contributed by atoms with E-state index in [1.807, 2.05) is 0 Å². The number of carbonyl (C=O) groups excluding carboxylic acids is 1. The average Bonchev–Trinajstić information content (AvgIpc) is 2.41. The lowest BCUT2D eigenvalue weighted by molar-refractivity contribution is -0.121. The van der Waals surface area contributed by atoms with Crippen LogP contribution in [0, 0.1) is 5.92 Å². The van der Waals surface area contributed by atoms with Crippen LogP contribution in [0.3, 0.4) is 0 Å². The van der Waals surface area contributed by atoms with Crippen molar-refractivity contribution in [3.63, 3.8) is 0 Å². The highest BCUT2D eigenvalue weighted by Crippen LogP contribution is 2.12. The normalized spacial score (nSPS) is 19.2. The number of rotatable bonds is 8. The van der Waals surface area contributed by atoms with Gasteiger partial charge in [0.1, 0.15) is 0 Å². The van der Waals surface area contributed by atoms with Crippen LogP contribution in [0.15, 0.2) is 0 Å². The van der Waals surface area contributed by atoms with Gasteiger partial charge in [-0.15, -0.1) is 0 Å². The lowest BCUT2D eigenvalue weighted by atomic mass is 10.0. The zero-order valence-corrected chi connectivity index (χ0v) is 13.6. The van der Waals surface area contributed by atoms with Gasteiger partial charge in [0.25, 0.3) is 0 Å². The minimum Gasteiger partial charge on any atom is -0.354 e. The molecular weight excluding hydrogens is 252 g/mol. The van der Waals surface area contributed by atoms with Crippen LogP contribution in [0.2, 0.25) is 0 Å². The minimum absolute atomic E-state index is 0.158. The Hall–Kier alpha value is -0.650. The molecule has 1 fully saturated rings. The van der Waals surface area contributed by atoms with E-state index in [4.69, 9.17) is 0 Å². The van der Waals surface area contributed by atoms with Crippen molar-refractivity contribution in [3.05, 3.63) is 0 Å². The summed E-state index contributed by atoms with van der Waals surface area (Å²) in [5, 5.41) is 6.28. The second kappa shape index (κ2) is 9.32. The molecular formula is C15H32N4O. The molecule has 1 atom stereocenters. The maximum absolute atomic E-state index is 11.8. The Kier molecular flexibility index (Phi) is 8.11. The van der Waals surface area contributed by atoms with E-state index in [1.54, 1.807) is 0 Å². The van der Waals surface area contributed by atoms with Crippen molar-refractivity contribution in [2.24, 2.45) is 5.92 Å². The van der Waals surface area contributed by atoms with Crippen molar-refractivity contribution in [1.82, 2.24) is 20.4 Å². The molecule has 1 saturated heterocycles. The SMILES string of the molecule is CCNCCC(=O)NCC(C(C)C)N1CCN(C)CC1. The smallest absolute Gasteiger partial charge is 0.221 e. The lowest BCUT2D eigenvalue weighted by Gasteiger charge is -2.39. The van der Waals surface area contributed by atoms with Gasteiger partial charge in [0.2, 0.25) is 5.91 Å². The zero-order valence-electron chi connectivity index (χ0n) is 13.6. The van der Waals surface area contributed by atoms with Crippen LogP contribution in [0.1, 0.15) is 27.2 Å². The Labute approximate surface area is 124 Å². The van der Waals surface area contributed by atoms with E-state index in [0.29, 0.717) is 18.4 Å². The highest BCUT2D eigenvalue weighted by atomic mass is 16.1. The molecule has 1 aliphatic rings. The second-order valence-electron chi connectivity index (χ2n) is 6.06. The molecule has 0 radical (unpaired) electrons. The summed E-state index contributed by atoms with van der Waals surface area (Å²) in [5.74, 6) is 0.721. The predicted octanol–water partition coefficient (Wildman–Crippen LogP) is 0.374. The van der Waals surface area contributed by atoms with Crippen molar-refractivity contribution >= 4 is 5.91 Å². The summed E-state index contributed by atoms with van der Waals surface area (Å²) in [6, 6.07) is 0.451. The Bertz CT molecular complexity index is 275. The van der Waals surface area contributed by atoms with Gasteiger partial charge in [-0.3, -0.25) is 9.69 Å². The maximum Gasteiger partial charge on any atom is 0.221 e. The van der Waals surface area contributed by atoms with Gasteiger partial charge in [-0.1, -0.05) is 20.8 Å². The number of nitrogens with one attached hydrogen (secondary N) is 2. The fraction of sp³-hybridized carbons (Fsp3) is 0.933. The number of hydrogen-bond acceptors (Lipinski definition) is 4. The van der Waals surface area contributed by atoms with Crippen LogP contribution in [0.25, 0.3) is 0 Å². The van der Waals surface area contributed by atoms with E-state index >= 15 is 0 Å². The van der Waals surface area contributed by atoms with E-state index in [9.17, 15) is 4.79 Å². The molecule has 1 amide bonds. The average molecular weight is 284 g/mol. The summed E-state index contributed by atoms with van der Waals surface area (Å²) in [4.78, 5) is 16.7. The van der Waals surface area contributed by atoms with Gasteiger partial charge in [-0.05, 0) is 19.5 Å². The number of piperazine rings is 1. The number of amides is 1. The first-order valence-corrected chi connectivity index (χ1v) is 7.94. The van der Waals surface area contributed by atoms with E-state index < -0.39 is 0 Å². The van der Waals surface area contributed by atoms with Crippen LogP contribution in [0.4, 0.5) is 0 Å². The highest BCUT2D eigenvalue weighted by Gasteiger charge is 2.25. The summed E-state index contributed by atoms with van der Waals surface area (Å²) < 4.78 is 0. The van der Waals surface area contributed by atoms with Gasteiger partial charge >= 0.3 is 0 Å². The molecule has 1 unspecified atom stereocenters. The first-order chi connectivity index (χ1) is 9.54. The third kappa shape index (κ3) is 6.20. The predicted molar refractivity (Wildman–Crippen MR) is 83.9 cm³/mol. The molecule has 1 heterocycles. The Morgan fingerprint density at radius 3 is 2.40 bits per heavy atom. The van der Waals surface area contributed by atoms with Gasteiger partial charge in [0, 0.05) is 51.7 Å². The van der Waals surface area contributed by atoms with Crippen molar-refractivity contribution in [1.29, 1.82) is 0 Å². The summed E-state index contributed by atoms with van der Waals surface area (Å²) in [6.07, 6.45) is 0.571. The topological polar surface area (TPSA) is 47.6 Å². The summed E-state index contributed by atoms with van der Waals surface area (Å²) in [6.45, 7) is 13.5. The molecule has 1 rings (SSSR count). The first-order valence-electron chi connectivity index (χ1n) is 7.94. The van der Waals surface area contributed by atoms with E-state index in [1.165, 1.54) is 0 Å². The van der Waals surface area contributed by atoms with Crippen molar-refractivity contribution < 1.29 is 4.79 Å². The molecule has 5 nitrogen and oxygen atoms in total. The van der Waals surface area contributed by atoms with Crippen LogP contribution < -0.4 is 10.6 Å². The number of likely N-dealkylation sites (N-methyl/N-ethyl adjacent to an activating group) is 1. The fourth-order valence-electron chi connectivity index (χ4n) is 2.63. The van der Waals surface area contributed by atoms with Crippen LogP contribution in [-0.2, 0) is 4.79 Å². The van der Waals surface area contributed by atoms with Gasteiger partial charge in [0.05, 0.1) is 0 Å². The molecule has 0 aromatic carbocycles. The quantitative estimate of drug-likeness (QED) is 0.633. The van der Waals surface area contributed by atoms with Crippen LogP contribution in [0.5, 0.6) is 0 Å². The van der Waals surface area contributed by atoms with E-state index in [2.05, 4.69) is 48.3 Å². The van der Waals surface area contributed by atoms with E-state index in [0.717, 1.165) is 45.8 Å². The second-order valence-corrected chi connectivity index (χ2v) is 6.06. The molecule has 2 N–H and O–H groups in total. The highest BCUT2D eigenvalue weighted by molar-refractivity contribution is 5.76. The molecule has 0 aromatic heterocycles. The van der Waals surface area contributed by atoms with Crippen LogP contribution in [-0.4, -0.2) is 74.6 Å². The van der Waals surface area contributed by atoms with Gasteiger partial charge < -0.3 is 15.5 Å². The Morgan fingerprint density at radius 2 is 1.85 bits per heavy atom. The fourth-order valence-corrected chi connectivity index (χ4v) is 2.63. The molecule has 118 valence electrons. The van der Waals surface area contributed by atoms with E-state index in [-0.39, 0.29) is 5.91 Å². The number of carbonyl (C=O) groups is 1. The summed E-state index contributed by atoms with van der Waals surface area (Å²) in [5.41, 5.74) is 0. The minimum atomic E-state index is 0.158. The van der Waals surface area contributed by atoms with Crippen LogP contribution >= 0.6 is 0 Å². The Balaban J connectivity index is 2.33. The molecule has 0 saturated carbocycles. The molecule has 0 bridgehead atoms. The summed E-state index contributed by atoms with van der Waals surface area (Å²) in [7, 11) is 2.17. The molecule has 1 aliphatic heterocycles. The van der Waals surface area contributed by atoms with Crippen molar-refractivity contribution in [3.8, 4) is 0 Å². The van der Waals surface area contributed by atoms with Crippen molar-refractivity contribution in [2.75, 3.05) is 52.9 Å². The molecule has 5 heteroatoms. The third-order valence-electron chi connectivity index (χ3n) is 4.06. The largest absolute Gasteiger partial charge is 0.354 e. The first kappa shape index (κ1) is 17.4. The molecule has 0 spiro atoms. The van der Waals surface area contributed by atoms with Gasteiger partial charge in [-0.2, -0.15) is 0 Å². The number of nitrogens with zero attached hydrogens (tertiary/aromatic N) is 2. The van der Waals surface area contributed by atoms with Gasteiger partial charge in [0.15, 0.2) is 0 Å². The monoisotopic (exact) mass is 284 g/mol. The molecule has 0 aromatic rings. The van der Waals surface area contributed by atoms with Crippen molar-refractivity contribution in [2.45, 2.75) is 33.2 Å². The zero-order chi connectivity index (χ0) is 15.0. The number of hydrogen-bond donors (Lipinski definition) is 2. The lowest BCUT2D eigenvalue weighted by Crippen LogP contribution is -2.54. The third-order valence-corrected chi connectivity index (χ3v) is 4.06. The van der Waals surface area contributed by atoms with Gasteiger partial charge in [-0.25, -0.2) is 0 Å². The standard InChI is InChI=1S/C15H32N4O/c1-5-16-7-6-15(20)17-12-14(13(2)3)19-10-8-18(4)9-11-19/h13-14,16H,5-12H2,1-4H3,(H,17,20).